The Hall–Kier alpha value is -2.90. The van der Waals surface area contributed by atoms with Gasteiger partial charge >= 0.3 is 12.2 Å². The van der Waals surface area contributed by atoms with Gasteiger partial charge in [0.25, 0.3) is 0 Å². The molecule has 0 aliphatic heterocycles. The van der Waals surface area contributed by atoms with Crippen molar-refractivity contribution < 1.29 is 17.9 Å². The number of halogens is 3. The number of methoxy groups -OCH3 is 1. The van der Waals surface area contributed by atoms with Gasteiger partial charge in [-0.05, 0) is 12.1 Å². The van der Waals surface area contributed by atoms with Gasteiger partial charge in [-0.2, -0.15) is 13.2 Å². The lowest BCUT2D eigenvalue weighted by Gasteiger charge is -2.07. The van der Waals surface area contributed by atoms with Crippen LogP contribution in [0.15, 0.2) is 42.9 Å². The summed E-state index contributed by atoms with van der Waals surface area (Å²) in [6, 6.07) is 5.14. The van der Waals surface area contributed by atoms with E-state index in [1.54, 1.807) is 30.2 Å². The zero-order valence-corrected chi connectivity index (χ0v) is 12.9. The summed E-state index contributed by atoms with van der Waals surface area (Å²) in [4.78, 5) is 12.5. The van der Waals surface area contributed by atoms with Gasteiger partial charge in [0.2, 0.25) is 0 Å². The van der Waals surface area contributed by atoms with Gasteiger partial charge < -0.3 is 9.30 Å². The van der Waals surface area contributed by atoms with Gasteiger partial charge in [-0.15, -0.1) is 0 Å². The molecule has 124 valence electrons. The van der Waals surface area contributed by atoms with Gasteiger partial charge in [0.05, 0.1) is 18.4 Å². The zero-order valence-electron chi connectivity index (χ0n) is 12.9. The molecule has 0 aliphatic rings. The number of alkyl halides is 3. The summed E-state index contributed by atoms with van der Waals surface area (Å²) in [5.74, 6) is 0.551. The van der Waals surface area contributed by atoms with Crippen LogP contribution in [0.4, 0.5) is 13.2 Å². The highest BCUT2D eigenvalue weighted by Gasteiger charge is 2.30. The molecule has 0 atom stereocenters. The average molecular weight is 334 g/mol. The van der Waals surface area contributed by atoms with E-state index in [4.69, 9.17) is 4.74 Å². The van der Waals surface area contributed by atoms with E-state index in [0.717, 1.165) is 12.1 Å². The third kappa shape index (κ3) is 3.08. The topological polar surface area (TPSA) is 52.8 Å². The predicted octanol–water partition coefficient (Wildman–Crippen LogP) is 3.57. The van der Waals surface area contributed by atoms with Crippen molar-refractivity contribution in [3.63, 3.8) is 0 Å². The lowest BCUT2D eigenvalue weighted by atomic mass is 10.1. The smallest absolute Gasteiger partial charge is 0.416 e. The second kappa shape index (κ2) is 5.95. The fraction of sp³-hybridized carbons (Fsp3) is 0.188. The van der Waals surface area contributed by atoms with Crippen molar-refractivity contribution in [2.75, 3.05) is 7.11 Å². The molecule has 3 aromatic rings. The van der Waals surface area contributed by atoms with Crippen LogP contribution in [0.2, 0.25) is 0 Å². The van der Waals surface area contributed by atoms with E-state index < -0.39 is 11.7 Å². The molecule has 2 heterocycles. The van der Waals surface area contributed by atoms with Crippen LogP contribution < -0.4 is 4.74 Å². The number of aryl methyl sites for hydroxylation is 1. The minimum atomic E-state index is -4.36. The lowest BCUT2D eigenvalue weighted by Crippen LogP contribution is -2.04. The highest BCUT2D eigenvalue weighted by atomic mass is 19.4. The zero-order chi connectivity index (χ0) is 17.3. The Morgan fingerprint density at radius 2 is 1.62 bits per heavy atom. The Bertz CT molecular complexity index is 839. The number of ether oxygens (including phenoxy) is 1. The molecule has 5 nitrogen and oxygen atoms in total. The van der Waals surface area contributed by atoms with Gasteiger partial charge in [0, 0.05) is 36.8 Å². The van der Waals surface area contributed by atoms with Crippen LogP contribution in [0, 0.1) is 0 Å². The first-order valence-corrected chi connectivity index (χ1v) is 6.96. The van der Waals surface area contributed by atoms with Crippen molar-refractivity contribution in [1.82, 2.24) is 19.5 Å². The van der Waals surface area contributed by atoms with Crippen LogP contribution in [0.1, 0.15) is 5.56 Å². The van der Waals surface area contributed by atoms with Crippen molar-refractivity contribution in [2.45, 2.75) is 6.18 Å². The van der Waals surface area contributed by atoms with Gasteiger partial charge in [0.1, 0.15) is 5.82 Å². The molecule has 0 aliphatic carbocycles. The minimum Gasteiger partial charge on any atom is -0.467 e. The van der Waals surface area contributed by atoms with Crippen molar-refractivity contribution >= 4 is 0 Å². The molecule has 0 saturated carbocycles. The number of benzene rings is 1. The number of hydrogen-bond donors (Lipinski definition) is 0. The second-order valence-corrected chi connectivity index (χ2v) is 5.09. The number of imidazole rings is 1. The molecule has 8 heteroatoms. The van der Waals surface area contributed by atoms with Crippen LogP contribution in [0.5, 0.6) is 6.01 Å². The van der Waals surface area contributed by atoms with E-state index in [1.807, 2.05) is 0 Å². The molecule has 0 spiro atoms. The monoisotopic (exact) mass is 334 g/mol. The van der Waals surface area contributed by atoms with E-state index >= 15 is 0 Å². The van der Waals surface area contributed by atoms with E-state index in [9.17, 15) is 13.2 Å². The predicted molar refractivity (Wildman–Crippen MR) is 81.2 cm³/mol. The Labute approximate surface area is 135 Å². The molecule has 0 amide bonds. The van der Waals surface area contributed by atoms with Gasteiger partial charge in [0.15, 0.2) is 0 Å². The average Bonchev–Trinajstić information content (AvgIpc) is 2.96. The highest BCUT2D eigenvalue weighted by molar-refractivity contribution is 5.64. The van der Waals surface area contributed by atoms with Crippen LogP contribution >= 0.6 is 0 Å². The normalized spacial score (nSPS) is 11.5. The third-order valence-corrected chi connectivity index (χ3v) is 3.45. The lowest BCUT2D eigenvalue weighted by molar-refractivity contribution is -0.137. The number of aromatic nitrogens is 4. The fourth-order valence-electron chi connectivity index (χ4n) is 2.24. The SMILES string of the molecule is COc1ncc(-c2cn(C)c(-c3ccc(C(F)(F)F)cc3)n2)cn1. The summed E-state index contributed by atoms with van der Waals surface area (Å²) in [5.41, 5.74) is 1.20. The quantitative estimate of drug-likeness (QED) is 0.735. The van der Waals surface area contributed by atoms with Gasteiger partial charge in [-0.1, -0.05) is 12.1 Å². The molecule has 0 radical (unpaired) electrons. The molecule has 1 aromatic carbocycles. The maximum atomic E-state index is 12.6. The van der Waals surface area contributed by atoms with E-state index in [0.29, 0.717) is 22.6 Å². The van der Waals surface area contributed by atoms with Crippen molar-refractivity contribution in [2.24, 2.45) is 7.05 Å². The molecule has 0 fully saturated rings. The summed E-state index contributed by atoms with van der Waals surface area (Å²) in [6.07, 6.45) is 0.555. The van der Waals surface area contributed by atoms with Crippen molar-refractivity contribution in [1.29, 1.82) is 0 Å². The third-order valence-electron chi connectivity index (χ3n) is 3.45. The molecule has 0 N–H and O–H groups in total. The first-order valence-electron chi connectivity index (χ1n) is 6.96. The summed E-state index contributed by atoms with van der Waals surface area (Å²) in [7, 11) is 3.24. The Morgan fingerprint density at radius 1 is 1.00 bits per heavy atom. The molecular weight excluding hydrogens is 321 g/mol. The van der Waals surface area contributed by atoms with Crippen molar-refractivity contribution in [3.05, 3.63) is 48.4 Å². The first-order chi connectivity index (χ1) is 11.4. The van der Waals surface area contributed by atoms with Crippen LogP contribution in [0.3, 0.4) is 0 Å². The maximum Gasteiger partial charge on any atom is 0.416 e. The second-order valence-electron chi connectivity index (χ2n) is 5.09. The number of nitrogens with zero attached hydrogens (tertiary/aromatic N) is 4. The van der Waals surface area contributed by atoms with E-state index in [1.165, 1.54) is 19.2 Å². The van der Waals surface area contributed by atoms with E-state index in [-0.39, 0.29) is 6.01 Å². The summed E-state index contributed by atoms with van der Waals surface area (Å²) in [6.45, 7) is 0. The van der Waals surface area contributed by atoms with E-state index in [2.05, 4.69) is 15.0 Å². The first kappa shape index (κ1) is 16.0. The number of hydrogen-bond acceptors (Lipinski definition) is 4. The summed E-state index contributed by atoms with van der Waals surface area (Å²) in [5, 5.41) is 0. The highest BCUT2D eigenvalue weighted by Crippen LogP contribution is 2.31. The molecule has 0 bridgehead atoms. The number of rotatable bonds is 3. The van der Waals surface area contributed by atoms with Crippen LogP contribution in [-0.4, -0.2) is 26.6 Å². The Morgan fingerprint density at radius 3 is 2.17 bits per heavy atom. The van der Waals surface area contributed by atoms with Crippen molar-refractivity contribution in [3.8, 4) is 28.7 Å². The van der Waals surface area contributed by atoms with Gasteiger partial charge in [-0.3, -0.25) is 0 Å². The Kier molecular flexibility index (Phi) is 3.96. The fourth-order valence-corrected chi connectivity index (χ4v) is 2.24. The molecule has 0 unspecified atom stereocenters. The van der Waals surface area contributed by atoms with Crippen LogP contribution in [0.25, 0.3) is 22.6 Å². The van der Waals surface area contributed by atoms with Crippen LogP contribution in [-0.2, 0) is 13.2 Å². The standard InChI is InChI=1S/C16H13F3N4O/c1-23-9-13(11-7-20-15(24-2)21-8-11)22-14(23)10-3-5-12(6-4-10)16(17,18)19/h3-9H,1-2H3. The Balaban J connectivity index is 1.93. The molecule has 0 saturated heterocycles. The van der Waals surface area contributed by atoms with Gasteiger partial charge in [-0.25, -0.2) is 15.0 Å². The molecule has 3 rings (SSSR count). The maximum absolute atomic E-state index is 12.6. The summed E-state index contributed by atoms with van der Waals surface area (Å²) < 4.78 is 44.6. The molecule has 2 aromatic heterocycles. The largest absolute Gasteiger partial charge is 0.467 e. The minimum absolute atomic E-state index is 0.248. The summed E-state index contributed by atoms with van der Waals surface area (Å²) >= 11 is 0. The molecule has 24 heavy (non-hydrogen) atoms. The molecular formula is C16H13F3N4O.